The second-order valence-corrected chi connectivity index (χ2v) is 5.73. The molecule has 0 aromatic heterocycles. The molecule has 1 aliphatic rings. The number of carboxylic acids is 1. The van der Waals surface area contributed by atoms with Gasteiger partial charge in [0.15, 0.2) is 5.54 Å². The number of aryl methyl sites for hydroxylation is 1. The molecule has 2 amide bonds. The van der Waals surface area contributed by atoms with E-state index in [-0.39, 0.29) is 19.1 Å². The van der Waals surface area contributed by atoms with Gasteiger partial charge in [0.05, 0.1) is 6.61 Å². The van der Waals surface area contributed by atoms with Crippen LogP contribution in [0.15, 0.2) is 24.3 Å². The highest BCUT2D eigenvalue weighted by atomic mass is 16.5. The van der Waals surface area contributed by atoms with Crippen molar-refractivity contribution in [1.29, 1.82) is 0 Å². The quantitative estimate of drug-likeness (QED) is 0.799. The first kappa shape index (κ1) is 17.0. The third-order valence-electron chi connectivity index (χ3n) is 3.81. The number of nitrogens with one attached hydrogen (secondary N) is 1. The maximum atomic E-state index is 12.2. The van der Waals surface area contributed by atoms with Gasteiger partial charge in [0, 0.05) is 19.2 Å². The Labute approximate surface area is 134 Å². The monoisotopic (exact) mass is 320 g/mol. The van der Waals surface area contributed by atoms with Crippen LogP contribution in [0.2, 0.25) is 0 Å². The molecule has 1 unspecified atom stereocenters. The van der Waals surface area contributed by atoms with Crippen LogP contribution in [0, 0.1) is 0 Å². The molecule has 7 nitrogen and oxygen atoms in total. The van der Waals surface area contributed by atoms with Gasteiger partial charge in [-0.2, -0.15) is 0 Å². The number of hydrogen-bond acceptors (Lipinski definition) is 4. The zero-order valence-corrected chi connectivity index (χ0v) is 13.2. The zero-order valence-electron chi connectivity index (χ0n) is 13.2. The molecule has 1 atom stereocenters. The number of carbonyl (C=O) groups excluding carboxylic acids is 2. The van der Waals surface area contributed by atoms with Crippen LogP contribution in [-0.2, 0) is 25.5 Å². The summed E-state index contributed by atoms with van der Waals surface area (Å²) < 4.78 is 4.86. The van der Waals surface area contributed by atoms with Crippen molar-refractivity contribution in [1.82, 2.24) is 5.32 Å². The SMILES string of the molecule is COCC(C)(NC(=O)CN1C(=O)CCc2ccccc21)C(=O)O. The lowest BCUT2D eigenvalue weighted by Crippen LogP contribution is -2.57. The minimum Gasteiger partial charge on any atom is -0.479 e. The number of benzene rings is 1. The van der Waals surface area contributed by atoms with Crippen molar-refractivity contribution in [3.8, 4) is 0 Å². The third-order valence-corrected chi connectivity index (χ3v) is 3.81. The molecule has 0 aliphatic carbocycles. The van der Waals surface area contributed by atoms with Crippen LogP contribution in [-0.4, -0.2) is 48.7 Å². The van der Waals surface area contributed by atoms with Crippen LogP contribution in [0.4, 0.5) is 5.69 Å². The number of anilines is 1. The Hall–Kier alpha value is -2.41. The van der Waals surface area contributed by atoms with Crippen molar-refractivity contribution in [2.75, 3.05) is 25.2 Å². The zero-order chi connectivity index (χ0) is 17.0. The molecule has 2 N–H and O–H groups in total. The number of carboxylic acid groups (broad SMARTS) is 1. The van der Waals surface area contributed by atoms with Gasteiger partial charge < -0.3 is 20.1 Å². The highest BCUT2D eigenvalue weighted by Gasteiger charge is 2.36. The lowest BCUT2D eigenvalue weighted by Gasteiger charge is -2.31. The molecule has 2 rings (SSSR count). The first-order valence-electron chi connectivity index (χ1n) is 7.29. The second-order valence-electron chi connectivity index (χ2n) is 5.73. The Morgan fingerprint density at radius 2 is 2.04 bits per heavy atom. The fourth-order valence-electron chi connectivity index (χ4n) is 2.60. The highest BCUT2D eigenvalue weighted by Crippen LogP contribution is 2.27. The van der Waals surface area contributed by atoms with E-state index < -0.39 is 17.4 Å². The van der Waals surface area contributed by atoms with Crippen LogP contribution in [0.3, 0.4) is 0 Å². The van der Waals surface area contributed by atoms with Gasteiger partial charge in [-0.3, -0.25) is 9.59 Å². The summed E-state index contributed by atoms with van der Waals surface area (Å²) >= 11 is 0. The minimum absolute atomic E-state index is 0.150. The lowest BCUT2D eigenvalue weighted by molar-refractivity contribution is -0.149. The van der Waals surface area contributed by atoms with E-state index in [0.29, 0.717) is 18.5 Å². The van der Waals surface area contributed by atoms with Gasteiger partial charge in [0.1, 0.15) is 6.54 Å². The maximum absolute atomic E-state index is 12.2. The van der Waals surface area contributed by atoms with Crippen molar-refractivity contribution in [3.05, 3.63) is 29.8 Å². The second kappa shape index (κ2) is 6.78. The van der Waals surface area contributed by atoms with Gasteiger partial charge in [-0.1, -0.05) is 18.2 Å². The molecule has 0 spiro atoms. The molecular weight excluding hydrogens is 300 g/mol. The van der Waals surface area contributed by atoms with Gasteiger partial charge in [-0.05, 0) is 25.0 Å². The van der Waals surface area contributed by atoms with E-state index in [2.05, 4.69) is 5.32 Å². The van der Waals surface area contributed by atoms with E-state index in [9.17, 15) is 19.5 Å². The number of aliphatic carboxylic acids is 1. The molecule has 1 aliphatic heterocycles. The molecule has 0 fully saturated rings. The summed E-state index contributed by atoms with van der Waals surface area (Å²) in [6.45, 7) is 0.976. The number of amides is 2. The number of ether oxygens (including phenoxy) is 1. The fourth-order valence-corrected chi connectivity index (χ4v) is 2.60. The molecule has 1 aromatic rings. The predicted molar refractivity (Wildman–Crippen MR) is 83.2 cm³/mol. The van der Waals surface area contributed by atoms with E-state index in [4.69, 9.17) is 4.74 Å². The number of hydrogen-bond donors (Lipinski definition) is 2. The van der Waals surface area contributed by atoms with Crippen LogP contribution >= 0.6 is 0 Å². The molecule has 124 valence electrons. The molecular formula is C16H20N2O5. The number of methoxy groups -OCH3 is 1. The van der Waals surface area contributed by atoms with Gasteiger partial charge in [0.2, 0.25) is 11.8 Å². The van der Waals surface area contributed by atoms with Gasteiger partial charge in [-0.15, -0.1) is 0 Å². The van der Waals surface area contributed by atoms with E-state index in [0.717, 1.165) is 5.56 Å². The first-order valence-corrected chi connectivity index (χ1v) is 7.29. The molecule has 0 radical (unpaired) electrons. The van der Waals surface area contributed by atoms with E-state index >= 15 is 0 Å². The molecule has 1 aromatic carbocycles. The van der Waals surface area contributed by atoms with E-state index in [1.54, 1.807) is 12.1 Å². The highest BCUT2D eigenvalue weighted by molar-refractivity contribution is 6.01. The number of para-hydroxylation sites is 1. The van der Waals surface area contributed by atoms with Crippen LogP contribution in [0.25, 0.3) is 0 Å². The van der Waals surface area contributed by atoms with Gasteiger partial charge in [0.25, 0.3) is 0 Å². The van der Waals surface area contributed by atoms with Crippen molar-refractivity contribution in [3.63, 3.8) is 0 Å². The summed E-state index contributed by atoms with van der Waals surface area (Å²) in [4.78, 5) is 37.1. The Morgan fingerprint density at radius 3 is 2.70 bits per heavy atom. The van der Waals surface area contributed by atoms with Crippen molar-refractivity contribution in [2.24, 2.45) is 0 Å². The van der Waals surface area contributed by atoms with Crippen molar-refractivity contribution < 1.29 is 24.2 Å². The smallest absolute Gasteiger partial charge is 0.331 e. The Kier molecular flexibility index (Phi) is 5.00. The summed E-state index contributed by atoms with van der Waals surface area (Å²) in [5.41, 5.74) is 0.157. The van der Waals surface area contributed by atoms with E-state index in [1.165, 1.54) is 18.9 Å². The third kappa shape index (κ3) is 3.68. The minimum atomic E-state index is -1.54. The van der Waals surface area contributed by atoms with Gasteiger partial charge >= 0.3 is 5.97 Å². The van der Waals surface area contributed by atoms with Gasteiger partial charge in [-0.25, -0.2) is 4.79 Å². The van der Waals surface area contributed by atoms with Crippen LogP contribution < -0.4 is 10.2 Å². The average molecular weight is 320 g/mol. The summed E-state index contributed by atoms with van der Waals surface area (Å²) in [6.07, 6.45) is 0.974. The van der Waals surface area contributed by atoms with Crippen LogP contribution in [0.1, 0.15) is 18.9 Å². The Balaban J connectivity index is 2.14. The van der Waals surface area contributed by atoms with Crippen molar-refractivity contribution >= 4 is 23.5 Å². The number of carbonyl (C=O) groups is 3. The molecule has 23 heavy (non-hydrogen) atoms. The van der Waals surface area contributed by atoms with Crippen molar-refractivity contribution in [2.45, 2.75) is 25.3 Å². The standard InChI is InChI=1S/C16H20N2O5/c1-16(10-23-2,15(21)22)17-13(19)9-18-12-6-4-3-5-11(12)7-8-14(18)20/h3-6H,7-10H2,1-2H3,(H,17,19)(H,21,22). The fraction of sp³-hybridized carbons (Fsp3) is 0.438. The normalized spacial score (nSPS) is 16.4. The van der Waals surface area contributed by atoms with E-state index in [1.807, 2.05) is 12.1 Å². The Morgan fingerprint density at radius 1 is 1.35 bits per heavy atom. The number of nitrogens with zero attached hydrogens (tertiary/aromatic N) is 1. The summed E-state index contributed by atoms with van der Waals surface area (Å²) in [6, 6.07) is 7.38. The summed E-state index contributed by atoms with van der Waals surface area (Å²) in [7, 11) is 1.36. The number of rotatable bonds is 6. The molecule has 0 saturated carbocycles. The lowest BCUT2D eigenvalue weighted by atomic mass is 10.0. The number of fused-ring (bicyclic) bond motifs is 1. The molecule has 0 saturated heterocycles. The first-order chi connectivity index (χ1) is 10.9. The Bertz CT molecular complexity index is 631. The maximum Gasteiger partial charge on any atom is 0.331 e. The molecule has 7 heteroatoms. The largest absolute Gasteiger partial charge is 0.479 e. The summed E-state index contributed by atoms with van der Waals surface area (Å²) in [5, 5.41) is 11.7. The topological polar surface area (TPSA) is 95.9 Å². The molecule has 1 heterocycles. The van der Waals surface area contributed by atoms with Crippen LogP contribution in [0.5, 0.6) is 0 Å². The summed E-state index contributed by atoms with van der Waals surface area (Å²) in [5.74, 6) is -1.89. The predicted octanol–water partition coefficient (Wildman–Crippen LogP) is 0.572. The molecule has 0 bridgehead atoms. The average Bonchev–Trinajstić information content (AvgIpc) is 2.50.